The van der Waals surface area contributed by atoms with Crippen LogP contribution in [0.4, 0.5) is 0 Å². The van der Waals surface area contributed by atoms with Gasteiger partial charge in [0.1, 0.15) is 0 Å². The van der Waals surface area contributed by atoms with Gasteiger partial charge in [0, 0.05) is 19.2 Å². The molecule has 78 valence electrons. The number of aryl methyl sites for hydroxylation is 2. The number of aromatic nitrogens is 2. The fourth-order valence-corrected chi connectivity index (χ4v) is 1.44. The maximum absolute atomic E-state index is 11.5. The zero-order valence-corrected chi connectivity index (χ0v) is 9.24. The molecule has 4 nitrogen and oxygen atoms in total. The topological polar surface area (TPSA) is 38.1 Å². The Bertz CT molecular complexity index is 328. The molecule has 0 aliphatic rings. The minimum absolute atomic E-state index is 0.220. The van der Waals surface area contributed by atoms with Crippen LogP contribution in [0.1, 0.15) is 11.4 Å². The second-order valence-electron chi connectivity index (χ2n) is 3.85. The number of carbonyl (C=O) groups is 1. The zero-order valence-electron chi connectivity index (χ0n) is 9.24. The average Bonchev–Trinajstić information content (AvgIpc) is 2.28. The van der Waals surface area contributed by atoms with E-state index in [0.29, 0.717) is 13.0 Å². The van der Waals surface area contributed by atoms with Crippen LogP contribution in [-0.2, 0) is 18.3 Å². The van der Waals surface area contributed by atoms with Crippen LogP contribution in [0.3, 0.4) is 0 Å². The van der Waals surface area contributed by atoms with Gasteiger partial charge in [-0.25, -0.2) is 0 Å². The summed E-state index contributed by atoms with van der Waals surface area (Å²) in [6.07, 6.45) is 0.468. The lowest BCUT2D eigenvalue weighted by molar-refractivity contribution is -0.119. The Kier molecular flexibility index (Phi) is 3.41. The Balaban J connectivity index is 2.60. The van der Waals surface area contributed by atoms with Crippen molar-refractivity contribution in [3.63, 3.8) is 0 Å². The SMILES string of the molecule is Cc1cc(CC(=O)CN(C)C)n(C)n1. The van der Waals surface area contributed by atoms with E-state index in [0.717, 1.165) is 11.4 Å². The van der Waals surface area contributed by atoms with Gasteiger partial charge in [-0.3, -0.25) is 9.48 Å². The number of carbonyl (C=O) groups excluding carboxylic acids is 1. The van der Waals surface area contributed by atoms with Crippen LogP contribution in [0.15, 0.2) is 6.07 Å². The van der Waals surface area contributed by atoms with Crippen molar-refractivity contribution in [3.8, 4) is 0 Å². The molecule has 0 bridgehead atoms. The van der Waals surface area contributed by atoms with Crippen LogP contribution in [-0.4, -0.2) is 41.1 Å². The van der Waals surface area contributed by atoms with Crippen molar-refractivity contribution in [1.29, 1.82) is 0 Å². The number of hydrogen-bond acceptors (Lipinski definition) is 3. The highest BCUT2D eigenvalue weighted by Crippen LogP contribution is 2.03. The van der Waals surface area contributed by atoms with Gasteiger partial charge in [-0.2, -0.15) is 5.10 Å². The van der Waals surface area contributed by atoms with E-state index in [4.69, 9.17) is 0 Å². The summed E-state index contributed by atoms with van der Waals surface area (Å²) in [4.78, 5) is 13.4. The normalized spacial score (nSPS) is 10.9. The minimum Gasteiger partial charge on any atom is -0.302 e. The zero-order chi connectivity index (χ0) is 10.7. The largest absolute Gasteiger partial charge is 0.302 e. The number of Topliss-reactive ketones (excluding diaryl/α,β-unsaturated/α-hetero) is 1. The molecule has 0 unspecified atom stereocenters. The van der Waals surface area contributed by atoms with Crippen molar-refractivity contribution in [3.05, 3.63) is 17.5 Å². The summed E-state index contributed by atoms with van der Waals surface area (Å²) in [6, 6.07) is 1.95. The molecule has 1 rings (SSSR count). The Morgan fingerprint density at radius 1 is 1.57 bits per heavy atom. The molecule has 0 aliphatic carbocycles. The summed E-state index contributed by atoms with van der Waals surface area (Å²) in [5.74, 6) is 0.220. The number of likely N-dealkylation sites (N-methyl/N-ethyl adjacent to an activating group) is 1. The van der Waals surface area contributed by atoms with Crippen LogP contribution < -0.4 is 0 Å². The summed E-state index contributed by atoms with van der Waals surface area (Å²) in [6.45, 7) is 2.42. The minimum atomic E-state index is 0.220. The fraction of sp³-hybridized carbons (Fsp3) is 0.600. The van der Waals surface area contributed by atoms with Gasteiger partial charge in [-0.15, -0.1) is 0 Å². The van der Waals surface area contributed by atoms with Gasteiger partial charge < -0.3 is 4.90 Å². The molecule has 1 aromatic rings. The first-order chi connectivity index (χ1) is 6.49. The summed E-state index contributed by atoms with van der Waals surface area (Å²) in [5.41, 5.74) is 1.94. The summed E-state index contributed by atoms with van der Waals surface area (Å²) in [7, 11) is 5.66. The third kappa shape index (κ3) is 2.96. The number of rotatable bonds is 4. The molecule has 0 aliphatic heterocycles. The Morgan fingerprint density at radius 3 is 2.64 bits per heavy atom. The van der Waals surface area contributed by atoms with E-state index < -0.39 is 0 Å². The van der Waals surface area contributed by atoms with Crippen LogP contribution in [0.25, 0.3) is 0 Å². The Labute approximate surface area is 84.5 Å². The first-order valence-electron chi connectivity index (χ1n) is 4.65. The van der Waals surface area contributed by atoms with Gasteiger partial charge in [0.2, 0.25) is 0 Å². The van der Waals surface area contributed by atoms with Gasteiger partial charge >= 0.3 is 0 Å². The average molecular weight is 195 g/mol. The molecule has 0 spiro atoms. The molecule has 0 amide bonds. The fourth-order valence-electron chi connectivity index (χ4n) is 1.44. The monoisotopic (exact) mass is 195 g/mol. The van der Waals surface area contributed by atoms with Crippen molar-refractivity contribution in [2.45, 2.75) is 13.3 Å². The van der Waals surface area contributed by atoms with Gasteiger partial charge in [0.25, 0.3) is 0 Å². The molecule has 0 saturated heterocycles. The summed E-state index contributed by atoms with van der Waals surface area (Å²) < 4.78 is 1.77. The predicted octanol–water partition coefficient (Wildman–Crippen LogP) is 0.402. The Hall–Kier alpha value is -1.16. The lowest BCUT2D eigenvalue weighted by Crippen LogP contribution is -2.23. The molecule has 1 aromatic heterocycles. The molecule has 0 fully saturated rings. The predicted molar refractivity (Wildman–Crippen MR) is 55.2 cm³/mol. The Morgan fingerprint density at radius 2 is 2.21 bits per heavy atom. The van der Waals surface area contributed by atoms with E-state index >= 15 is 0 Å². The number of nitrogens with zero attached hydrogens (tertiary/aromatic N) is 3. The molecule has 4 heteroatoms. The van der Waals surface area contributed by atoms with Gasteiger partial charge in [-0.05, 0) is 27.1 Å². The van der Waals surface area contributed by atoms with E-state index in [-0.39, 0.29) is 5.78 Å². The highest BCUT2D eigenvalue weighted by molar-refractivity contribution is 5.82. The molecule has 0 saturated carbocycles. The number of ketones is 1. The second kappa shape index (κ2) is 4.37. The lowest BCUT2D eigenvalue weighted by atomic mass is 10.2. The van der Waals surface area contributed by atoms with E-state index in [1.807, 2.05) is 39.0 Å². The molecule has 14 heavy (non-hydrogen) atoms. The van der Waals surface area contributed by atoms with Crippen LogP contribution in [0.5, 0.6) is 0 Å². The third-order valence-corrected chi connectivity index (χ3v) is 1.97. The maximum Gasteiger partial charge on any atom is 0.152 e. The molecule has 1 heterocycles. The van der Waals surface area contributed by atoms with Crippen molar-refractivity contribution in [2.75, 3.05) is 20.6 Å². The standard InChI is InChI=1S/C10H17N3O/c1-8-5-9(13(4)11-8)6-10(14)7-12(2)3/h5H,6-7H2,1-4H3. The van der Waals surface area contributed by atoms with E-state index in [1.54, 1.807) is 4.68 Å². The van der Waals surface area contributed by atoms with Crippen molar-refractivity contribution < 1.29 is 4.79 Å². The van der Waals surface area contributed by atoms with E-state index in [2.05, 4.69) is 5.10 Å². The number of hydrogen-bond donors (Lipinski definition) is 0. The summed E-state index contributed by atoms with van der Waals surface area (Å²) in [5, 5.41) is 4.19. The first kappa shape index (κ1) is 10.9. The molecular formula is C10H17N3O. The quantitative estimate of drug-likeness (QED) is 0.698. The molecular weight excluding hydrogens is 178 g/mol. The third-order valence-electron chi connectivity index (χ3n) is 1.97. The highest BCUT2D eigenvalue weighted by Gasteiger charge is 2.08. The van der Waals surface area contributed by atoms with Crippen LogP contribution in [0.2, 0.25) is 0 Å². The summed E-state index contributed by atoms with van der Waals surface area (Å²) >= 11 is 0. The van der Waals surface area contributed by atoms with Gasteiger partial charge in [-0.1, -0.05) is 0 Å². The first-order valence-corrected chi connectivity index (χ1v) is 4.65. The van der Waals surface area contributed by atoms with E-state index in [1.165, 1.54) is 0 Å². The maximum atomic E-state index is 11.5. The van der Waals surface area contributed by atoms with Crippen molar-refractivity contribution in [2.24, 2.45) is 7.05 Å². The van der Waals surface area contributed by atoms with Gasteiger partial charge in [0.05, 0.1) is 12.2 Å². The molecule has 0 radical (unpaired) electrons. The van der Waals surface area contributed by atoms with Gasteiger partial charge in [0.15, 0.2) is 5.78 Å². The van der Waals surface area contributed by atoms with E-state index in [9.17, 15) is 4.79 Å². The van der Waals surface area contributed by atoms with Crippen LogP contribution >= 0.6 is 0 Å². The molecule has 0 aromatic carbocycles. The van der Waals surface area contributed by atoms with Crippen molar-refractivity contribution >= 4 is 5.78 Å². The second-order valence-corrected chi connectivity index (χ2v) is 3.85. The molecule has 0 N–H and O–H groups in total. The van der Waals surface area contributed by atoms with Crippen LogP contribution in [0, 0.1) is 6.92 Å². The smallest absolute Gasteiger partial charge is 0.152 e. The van der Waals surface area contributed by atoms with Crippen molar-refractivity contribution in [1.82, 2.24) is 14.7 Å². The highest BCUT2D eigenvalue weighted by atomic mass is 16.1. The molecule has 0 atom stereocenters. The lowest BCUT2D eigenvalue weighted by Gasteiger charge is -2.07.